The number of aromatic nitrogens is 2. The van der Waals surface area contributed by atoms with Crippen molar-refractivity contribution in [1.29, 1.82) is 0 Å². The molecular formula is C29H27N3O5. The number of nitrogens with zero attached hydrogens (tertiary/aromatic N) is 2. The highest BCUT2D eigenvalue weighted by molar-refractivity contribution is 6.51. The molecule has 0 aliphatic carbocycles. The van der Waals surface area contributed by atoms with Gasteiger partial charge in [0.15, 0.2) is 0 Å². The Morgan fingerprint density at radius 3 is 2.46 bits per heavy atom. The van der Waals surface area contributed by atoms with E-state index in [1.807, 2.05) is 51.1 Å². The second-order valence-electron chi connectivity index (χ2n) is 9.19. The fourth-order valence-corrected chi connectivity index (χ4v) is 4.57. The molecule has 0 saturated carbocycles. The van der Waals surface area contributed by atoms with Gasteiger partial charge >= 0.3 is 5.91 Å². The minimum Gasteiger partial charge on any atom is -0.507 e. The Morgan fingerprint density at radius 2 is 1.78 bits per heavy atom. The van der Waals surface area contributed by atoms with Crippen molar-refractivity contribution in [3.63, 3.8) is 0 Å². The van der Waals surface area contributed by atoms with Crippen LogP contribution >= 0.6 is 0 Å². The minimum atomic E-state index is -0.932. The summed E-state index contributed by atoms with van der Waals surface area (Å²) in [5.41, 5.74) is 3.13. The van der Waals surface area contributed by atoms with Crippen LogP contribution in [0.3, 0.4) is 0 Å². The molecular weight excluding hydrogens is 470 g/mol. The number of rotatable bonds is 6. The molecule has 0 radical (unpaired) electrons. The number of aliphatic hydroxyl groups is 1. The quantitative estimate of drug-likeness (QED) is 0.213. The number of anilines is 1. The molecule has 2 N–H and O–H groups in total. The van der Waals surface area contributed by atoms with Crippen LogP contribution in [-0.4, -0.2) is 40.0 Å². The third-order valence-electron chi connectivity index (χ3n) is 6.23. The van der Waals surface area contributed by atoms with Gasteiger partial charge < -0.3 is 19.6 Å². The van der Waals surface area contributed by atoms with Crippen molar-refractivity contribution in [3.05, 3.63) is 89.0 Å². The predicted octanol–water partition coefficient (Wildman–Crippen LogP) is 5.29. The van der Waals surface area contributed by atoms with E-state index in [2.05, 4.69) is 9.97 Å². The molecule has 2 heterocycles. The number of aliphatic hydroxyl groups excluding tert-OH is 1. The fourth-order valence-electron chi connectivity index (χ4n) is 4.57. The van der Waals surface area contributed by atoms with E-state index in [1.54, 1.807) is 36.4 Å². The van der Waals surface area contributed by atoms with E-state index in [4.69, 9.17) is 9.47 Å². The van der Waals surface area contributed by atoms with Crippen molar-refractivity contribution < 1.29 is 24.2 Å². The summed E-state index contributed by atoms with van der Waals surface area (Å²) in [4.78, 5) is 36.0. The van der Waals surface area contributed by atoms with E-state index in [9.17, 15) is 14.7 Å². The third kappa shape index (κ3) is 4.31. The average molecular weight is 498 g/mol. The van der Waals surface area contributed by atoms with Crippen molar-refractivity contribution in [2.75, 3.05) is 12.0 Å². The number of para-hydroxylation sites is 2. The molecule has 1 fully saturated rings. The molecule has 3 aromatic carbocycles. The summed E-state index contributed by atoms with van der Waals surface area (Å²) >= 11 is 0. The Kier molecular flexibility index (Phi) is 6.17. The Balaban J connectivity index is 1.72. The third-order valence-corrected chi connectivity index (χ3v) is 6.23. The van der Waals surface area contributed by atoms with E-state index < -0.39 is 17.7 Å². The van der Waals surface area contributed by atoms with Crippen LogP contribution in [0.5, 0.6) is 11.5 Å². The van der Waals surface area contributed by atoms with Gasteiger partial charge in [0.2, 0.25) is 5.95 Å². The Morgan fingerprint density at radius 1 is 1.05 bits per heavy atom. The van der Waals surface area contributed by atoms with Gasteiger partial charge in [0.25, 0.3) is 5.78 Å². The van der Waals surface area contributed by atoms with Gasteiger partial charge in [-0.3, -0.25) is 14.5 Å². The normalized spacial score (nSPS) is 17.1. The molecule has 1 aliphatic rings. The standard InChI is InChI=1S/C29H27N3O5/c1-16(2)37-19-12-10-18(11-13-19)25-24(26(33)20-15-17(3)9-14-23(20)36-4)27(34)28(35)32(25)29-30-21-7-5-6-8-22(21)31-29/h5-16,25,33H,1-4H3,(H,30,31)/b26-24+. The summed E-state index contributed by atoms with van der Waals surface area (Å²) in [6, 6.07) is 18.8. The van der Waals surface area contributed by atoms with Gasteiger partial charge in [0, 0.05) is 0 Å². The van der Waals surface area contributed by atoms with Gasteiger partial charge in [-0.05, 0) is 62.7 Å². The van der Waals surface area contributed by atoms with E-state index >= 15 is 0 Å². The molecule has 188 valence electrons. The maximum Gasteiger partial charge on any atom is 0.302 e. The van der Waals surface area contributed by atoms with Crippen molar-refractivity contribution in [3.8, 4) is 11.5 Å². The first kappa shape index (κ1) is 24.1. The predicted molar refractivity (Wildman–Crippen MR) is 141 cm³/mol. The van der Waals surface area contributed by atoms with Crippen LogP contribution in [0.25, 0.3) is 16.8 Å². The molecule has 4 aromatic rings. The molecule has 8 nitrogen and oxygen atoms in total. The number of imidazole rings is 1. The molecule has 1 amide bonds. The first-order valence-electron chi connectivity index (χ1n) is 12.0. The summed E-state index contributed by atoms with van der Waals surface area (Å²) in [6.45, 7) is 5.73. The van der Waals surface area contributed by atoms with Crippen LogP contribution in [0, 0.1) is 6.92 Å². The largest absolute Gasteiger partial charge is 0.507 e. The number of hydrogen-bond acceptors (Lipinski definition) is 6. The molecule has 1 unspecified atom stereocenters. The first-order valence-corrected chi connectivity index (χ1v) is 12.0. The van der Waals surface area contributed by atoms with Crippen molar-refractivity contribution in [2.45, 2.75) is 32.9 Å². The molecule has 1 saturated heterocycles. The van der Waals surface area contributed by atoms with Crippen LogP contribution in [0.2, 0.25) is 0 Å². The molecule has 37 heavy (non-hydrogen) atoms. The lowest BCUT2D eigenvalue weighted by molar-refractivity contribution is -0.132. The topological polar surface area (TPSA) is 105 Å². The number of hydrogen-bond donors (Lipinski definition) is 2. The first-order chi connectivity index (χ1) is 17.8. The summed E-state index contributed by atoms with van der Waals surface area (Å²) in [6.07, 6.45) is -0.0131. The van der Waals surface area contributed by atoms with E-state index in [1.165, 1.54) is 12.0 Å². The van der Waals surface area contributed by atoms with Crippen LogP contribution in [0.15, 0.2) is 72.3 Å². The van der Waals surface area contributed by atoms with Crippen LogP contribution < -0.4 is 14.4 Å². The highest BCUT2D eigenvalue weighted by Gasteiger charge is 2.48. The summed E-state index contributed by atoms with van der Waals surface area (Å²) < 4.78 is 11.2. The lowest BCUT2D eigenvalue weighted by atomic mass is 9.94. The maximum atomic E-state index is 13.5. The van der Waals surface area contributed by atoms with Crippen LogP contribution in [0.1, 0.15) is 36.6 Å². The Bertz CT molecular complexity index is 1500. The number of ether oxygens (including phenoxy) is 2. The lowest BCUT2D eigenvalue weighted by Crippen LogP contribution is -2.30. The molecule has 0 spiro atoms. The van der Waals surface area contributed by atoms with Crippen LogP contribution in [0.4, 0.5) is 5.95 Å². The van der Waals surface area contributed by atoms with E-state index in [-0.39, 0.29) is 23.4 Å². The molecule has 0 bridgehead atoms. The molecule has 1 aliphatic heterocycles. The number of Topliss-reactive ketones (excluding diaryl/α,β-unsaturated/α-hetero) is 1. The minimum absolute atomic E-state index is 0.0131. The number of benzene rings is 3. The Labute approximate surface area is 214 Å². The number of methoxy groups -OCH3 is 1. The molecule has 1 atom stereocenters. The SMILES string of the molecule is COc1ccc(C)cc1/C(O)=C1\C(=O)C(=O)N(c2nc3ccccc3[nH]2)C1c1ccc(OC(C)C)cc1. The highest BCUT2D eigenvalue weighted by Crippen LogP contribution is 2.43. The van der Waals surface area contributed by atoms with Crippen molar-refractivity contribution in [2.24, 2.45) is 0 Å². The zero-order valence-corrected chi connectivity index (χ0v) is 21.0. The van der Waals surface area contributed by atoms with Gasteiger partial charge in [-0.25, -0.2) is 4.98 Å². The maximum absolute atomic E-state index is 13.5. The average Bonchev–Trinajstić information content (AvgIpc) is 3.42. The number of carbonyl (C=O) groups is 2. The van der Waals surface area contributed by atoms with Gasteiger partial charge in [-0.1, -0.05) is 35.9 Å². The van der Waals surface area contributed by atoms with Gasteiger partial charge in [0.1, 0.15) is 17.3 Å². The highest BCUT2D eigenvalue weighted by atomic mass is 16.5. The number of aryl methyl sites for hydroxylation is 1. The van der Waals surface area contributed by atoms with Gasteiger partial charge in [0.05, 0.1) is 41.4 Å². The molecule has 1 aromatic heterocycles. The summed E-state index contributed by atoms with van der Waals surface area (Å²) in [7, 11) is 1.49. The number of ketones is 1. The summed E-state index contributed by atoms with van der Waals surface area (Å²) in [5, 5.41) is 11.5. The smallest absolute Gasteiger partial charge is 0.302 e. The second-order valence-corrected chi connectivity index (χ2v) is 9.19. The number of amides is 1. The molecule has 8 heteroatoms. The van der Waals surface area contributed by atoms with E-state index in [0.29, 0.717) is 28.1 Å². The van der Waals surface area contributed by atoms with E-state index in [0.717, 1.165) is 11.1 Å². The van der Waals surface area contributed by atoms with Crippen molar-refractivity contribution >= 4 is 34.4 Å². The van der Waals surface area contributed by atoms with Gasteiger partial charge in [-0.2, -0.15) is 0 Å². The van der Waals surface area contributed by atoms with Crippen LogP contribution in [-0.2, 0) is 9.59 Å². The number of fused-ring (bicyclic) bond motifs is 1. The number of carbonyl (C=O) groups excluding carboxylic acids is 2. The van der Waals surface area contributed by atoms with Gasteiger partial charge in [-0.15, -0.1) is 0 Å². The number of H-pyrrole nitrogens is 1. The van der Waals surface area contributed by atoms with Crippen molar-refractivity contribution in [1.82, 2.24) is 9.97 Å². The second kappa shape index (κ2) is 9.46. The lowest BCUT2D eigenvalue weighted by Gasteiger charge is -2.23. The monoisotopic (exact) mass is 497 g/mol. The molecule has 5 rings (SSSR count). The number of aromatic amines is 1. The Hall–Kier alpha value is -4.59. The summed E-state index contributed by atoms with van der Waals surface area (Å²) in [5.74, 6) is -0.665. The fraction of sp³-hybridized carbons (Fsp3) is 0.207. The number of nitrogens with one attached hydrogen (secondary N) is 1. The zero-order valence-electron chi connectivity index (χ0n) is 21.0. The zero-order chi connectivity index (χ0) is 26.3.